The van der Waals surface area contributed by atoms with Gasteiger partial charge >= 0.3 is 5.97 Å². The van der Waals surface area contributed by atoms with Gasteiger partial charge in [0.05, 0.1) is 12.2 Å². The number of benzene rings is 2. The predicted molar refractivity (Wildman–Crippen MR) is 91.4 cm³/mol. The molecule has 1 N–H and O–H groups in total. The summed E-state index contributed by atoms with van der Waals surface area (Å²) in [6, 6.07) is 15.9. The second-order valence-electron chi connectivity index (χ2n) is 4.95. The van der Waals surface area contributed by atoms with Crippen molar-refractivity contribution in [1.29, 1.82) is 0 Å². The van der Waals surface area contributed by atoms with Gasteiger partial charge in [-0.25, -0.2) is 4.79 Å². The third kappa shape index (κ3) is 5.17. The minimum atomic E-state index is -0.267. The van der Waals surface area contributed by atoms with Gasteiger partial charge in [0.1, 0.15) is 0 Å². The van der Waals surface area contributed by atoms with Crippen molar-refractivity contribution in [3.05, 3.63) is 70.8 Å². The summed E-state index contributed by atoms with van der Waals surface area (Å²) in [5, 5.41) is 3.42. The van der Waals surface area contributed by atoms with E-state index in [4.69, 9.17) is 4.74 Å². The van der Waals surface area contributed by atoms with Crippen LogP contribution in [-0.2, 0) is 17.8 Å². The molecule has 118 valence electrons. The Hall–Kier alpha value is -1.84. The first-order chi connectivity index (χ1) is 10.2. The normalized spacial score (nSPS) is 9.91. The van der Waals surface area contributed by atoms with Gasteiger partial charge in [0.2, 0.25) is 0 Å². The predicted octanol–water partition coefficient (Wildman–Crippen LogP) is 3.88. The minimum Gasteiger partial charge on any atom is -0.462 e. The van der Waals surface area contributed by atoms with E-state index >= 15 is 0 Å². The summed E-state index contributed by atoms with van der Waals surface area (Å²) in [7, 11) is 0. The first-order valence-corrected chi connectivity index (χ1v) is 7.22. The molecule has 2 aromatic rings. The molecule has 0 unspecified atom stereocenters. The van der Waals surface area contributed by atoms with Crippen molar-refractivity contribution >= 4 is 18.4 Å². The first-order valence-electron chi connectivity index (χ1n) is 7.22. The monoisotopic (exact) mass is 319 g/mol. The van der Waals surface area contributed by atoms with E-state index in [2.05, 4.69) is 30.4 Å². The Bertz CT molecular complexity index is 596. The number of carbonyl (C=O) groups excluding carboxylic acids is 1. The van der Waals surface area contributed by atoms with Crippen molar-refractivity contribution in [2.75, 3.05) is 6.61 Å². The Kier molecular flexibility index (Phi) is 7.64. The first kappa shape index (κ1) is 18.2. The van der Waals surface area contributed by atoms with Crippen LogP contribution in [0.15, 0.2) is 48.5 Å². The molecule has 0 aromatic heterocycles. The number of halogens is 1. The lowest BCUT2D eigenvalue weighted by molar-refractivity contribution is 0.0526. The zero-order chi connectivity index (χ0) is 15.1. The Labute approximate surface area is 138 Å². The van der Waals surface area contributed by atoms with Gasteiger partial charge in [-0.3, -0.25) is 0 Å². The van der Waals surface area contributed by atoms with Crippen LogP contribution in [0.25, 0.3) is 0 Å². The van der Waals surface area contributed by atoms with Gasteiger partial charge in [0.15, 0.2) is 0 Å². The number of hydrogen-bond acceptors (Lipinski definition) is 3. The van der Waals surface area contributed by atoms with E-state index in [0.29, 0.717) is 12.2 Å². The molecule has 0 spiro atoms. The SMILES string of the molecule is CCOC(=O)c1ccc(CNCc2ccccc2C)cc1.Cl. The lowest BCUT2D eigenvalue weighted by Crippen LogP contribution is -2.13. The number of hydrogen-bond donors (Lipinski definition) is 1. The third-order valence-corrected chi connectivity index (χ3v) is 3.37. The molecule has 0 fully saturated rings. The number of ether oxygens (including phenoxy) is 1. The molecule has 22 heavy (non-hydrogen) atoms. The number of rotatable bonds is 6. The Morgan fingerprint density at radius 3 is 2.36 bits per heavy atom. The molecule has 4 heteroatoms. The molecule has 0 saturated heterocycles. The van der Waals surface area contributed by atoms with Crippen LogP contribution < -0.4 is 5.32 Å². The molecule has 2 aromatic carbocycles. The summed E-state index contributed by atoms with van der Waals surface area (Å²) in [6.07, 6.45) is 0. The molecule has 3 nitrogen and oxygen atoms in total. The summed E-state index contributed by atoms with van der Waals surface area (Å²) in [5.74, 6) is -0.267. The lowest BCUT2D eigenvalue weighted by Gasteiger charge is -2.08. The Morgan fingerprint density at radius 1 is 1.05 bits per heavy atom. The maximum absolute atomic E-state index is 11.6. The van der Waals surface area contributed by atoms with Crippen LogP contribution in [0.5, 0.6) is 0 Å². The van der Waals surface area contributed by atoms with E-state index in [-0.39, 0.29) is 18.4 Å². The van der Waals surface area contributed by atoms with Gasteiger partial charge < -0.3 is 10.1 Å². The maximum atomic E-state index is 11.6. The van der Waals surface area contributed by atoms with Gasteiger partial charge in [-0.1, -0.05) is 36.4 Å². The summed E-state index contributed by atoms with van der Waals surface area (Å²) in [5.41, 5.74) is 4.35. The number of esters is 1. The molecule has 0 saturated carbocycles. The van der Waals surface area contributed by atoms with Gasteiger partial charge in [-0.05, 0) is 42.7 Å². The highest BCUT2D eigenvalue weighted by Gasteiger charge is 2.05. The lowest BCUT2D eigenvalue weighted by atomic mass is 10.1. The zero-order valence-electron chi connectivity index (χ0n) is 13.0. The highest BCUT2D eigenvalue weighted by molar-refractivity contribution is 5.89. The van der Waals surface area contributed by atoms with Crippen molar-refractivity contribution in [3.8, 4) is 0 Å². The van der Waals surface area contributed by atoms with Gasteiger partial charge in [-0.2, -0.15) is 0 Å². The fourth-order valence-corrected chi connectivity index (χ4v) is 2.12. The molecule has 0 heterocycles. The second kappa shape index (κ2) is 9.23. The van der Waals surface area contributed by atoms with Crippen LogP contribution in [0.4, 0.5) is 0 Å². The molecule has 0 amide bonds. The summed E-state index contributed by atoms with van der Waals surface area (Å²) in [4.78, 5) is 11.6. The largest absolute Gasteiger partial charge is 0.462 e. The Balaban J connectivity index is 0.00000242. The summed E-state index contributed by atoms with van der Waals surface area (Å²) >= 11 is 0. The van der Waals surface area contributed by atoms with E-state index in [1.807, 2.05) is 37.3 Å². The molecular formula is C18H22ClNO2. The van der Waals surface area contributed by atoms with Crippen LogP contribution in [0.3, 0.4) is 0 Å². The fraction of sp³-hybridized carbons (Fsp3) is 0.278. The number of nitrogens with one attached hydrogen (secondary N) is 1. The summed E-state index contributed by atoms with van der Waals surface area (Å²) < 4.78 is 4.97. The van der Waals surface area contributed by atoms with Crippen molar-refractivity contribution < 1.29 is 9.53 Å². The topological polar surface area (TPSA) is 38.3 Å². The van der Waals surface area contributed by atoms with Gasteiger partial charge in [0, 0.05) is 13.1 Å². The minimum absolute atomic E-state index is 0. The molecule has 0 bridgehead atoms. The van der Waals surface area contributed by atoms with Gasteiger partial charge in [-0.15, -0.1) is 12.4 Å². The zero-order valence-corrected chi connectivity index (χ0v) is 13.8. The molecule has 0 aliphatic rings. The van der Waals surface area contributed by atoms with E-state index in [0.717, 1.165) is 18.7 Å². The third-order valence-electron chi connectivity index (χ3n) is 3.37. The number of carbonyl (C=O) groups is 1. The van der Waals surface area contributed by atoms with Crippen LogP contribution >= 0.6 is 12.4 Å². The van der Waals surface area contributed by atoms with Crippen molar-refractivity contribution in [3.63, 3.8) is 0 Å². The van der Waals surface area contributed by atoms with E-state index < -0.39 is 0 Å². The second-order valence-corrected chi connectivity index (χ2v) is 4.95. The van der Waals surface area contributed by atoms with Crippen molar-refractivity contribution in [2.45, 2.75) is 26.9 Å². The van der Waals surface area contributed by atoms with Crippen LogP contribution in [-0.4, -0.2) is 12.6 Å². The van der Waals surface area contributed by atoms with E-state index in [9.17, 15) is 4.79 Å². The summed E-state index contributed by atoms with van der Waals surface area (Å²) in [6.45, 7) is 5.94. The van der Waals surface area contributed by atoms with E-state index in [1.165, 1.54) is 11.1 Å². The Morgan fingerprint density at radius 2 is 1.73 bits per heavy atom. The van der Waals surface area contributed by atoms with Crippen LogP contribution in [0.1, 0.15) is 34.0 Å². The standard InChI is InChI=1S/C18H21NO2.ClH/c1-3-21-18(20)16-10-8-15(9-11-16)12-19-13-17-7-5-4-6-14(17)2;/h4-11,19H,3,12-13H2,1-2H3;1H. The molecule has 0 radical (unpaired) electrons. The van der Waals surface area contributed by atoms with Crippen LogP contribution in [0, 0.1) is 6.92 Å². The smallest absolute Gasteiger partial charge is 0.338 e. The van der Waals surface area contributed by atoms with Crippen molar-refractivity contribution in [1.82, 2.24) is 5.32 Å². The average Bonchev–Trinajstić information content (AvgIpc) is 2.50. The fourth-order valence-electron chi connectivity index (χ4n) is 2.12. The van der Waals surface area contributed by atoms with Gasteiger partial charge in [0.25, 0.3) is 0 Å². The molecule has 0 aliphatic carbocycles. The van der Waals surface area contributed by atoms with Crippen molar-refractivity contribution in [2.24, 2.45) is 0 Å². The average molecular weight is 320 g/mol. The molecule has 2 rings (SSSR count). The maximum Gasteiger partial charge on any atom is 0.338 e. The highest BCUT2D eigenvalue weighted by Crippen LogP contribution is 2.08. The number of aryl methyl sites for hydroxylation is 1. The quantitative estimate of drug-likeness (QED) is 0.821. The highest BCUT2D eigenvalue weighted by atomic mass is 35.5. The van der Waals surface area contributed by atoms with Crippen LogP contribution in [0.2, 0.25) is 0 Å². The molecule has 0 atom stereocenters. The van der Waals surface area contributed by atoms with E-state index in [1.54, 1.807) is 0 Å². The molecular weight excluding hydrogens is 298 g/mol. The molecule has 0 aliphatic heterocycles.